The van der Waals surface area contributed by atoms with Crippen LogP contribution >= 0.6 is 0 Å². The molecule has 0 spiro atoms. The molecule has 1 aromatic rings. The molecule has 98 valence electrons. The molecule has 2 heteroatoms. The summed E-state index contributed by atoms with van der Waals surface area (Å²) >= 11 is 0. The van der Waals surface area contributed by atoms with Gasteiger partial charge < -0.3 is 5.32 Å². The lowest BCUT2D eigenvalue weighted by atomic mass is 9.82. The lowest BCUT2D eigenvalue weighted by Gasteiger charge is -2.33. The van der Waals surface area contributed by atoms with E-state index in [0.717, 1.165) is 13.0 Å². The Morgan fingerprint density at radius 2 is 1.61 bits per heavy atom. The second-order valence-electron chi connectivity index (χ2n) is 6.78. The van der Waals surface area contributed by atoms with Gasteiger partial charge in [0.15, 0.2) is 0 Å². The summed E-state index contributed by atoms with van der Waals surface area (Å²) in [5.74, 6) is 0. The number of benzene rings is 1. The van der Waals surface area contributed by atoms with E-state index >= 15 is 0 Å². The highest BCUT2D eigenvalue weighted by atomic mass is 14.9. The number of rotatable bonds is 4. The maximum atomic E-state index is 8.75. The third kappa shape index (κ3) is 5.33. The third-order valence-corrected chi connectivity index (χ3v) is 2.83. The molecule has 0 aliphatic heterocycles. The fourth-order valence-electron chi connectivity index (χ4n) is 2.43. The van der Waals surface area contributed by atoms with E-state index in [2.05, 4.69) is 46.0 Å². The highest BCUT2D eigenvalue weighted by Crippen LogP contribution is 2.26. The fourth-order valence-corrected chi connectivity index (χ4v) is 2.43. The minimum absolute atomic E-state index is 0.117. The van der Waals surface area contributed by atoms with Crippen molar-refractivity contribution >= 4 is 0 Å². The molecule has 1 rings (SSSR count). The molecule has 18 heavy (non-hydrogen) atoms. The van der Waals surface area contributed by atoms with Gasteiger partial charge in [-0.3, -0.25) is 0 Å². The van der Waals surface area contributed by atoms with Gasteiger partial charge in [0.1, 0.15) is 0 Å². The van der Waals surface area contributed by atoms with Crippen molar-refractivity contribution in [1.82, 2.24) is 5.32 Å². The smallest absolute Gasteiger partial charge is 0.0991 e. The predicted octanol–water partition coefficient (Wildman–Crippen LogP) is 3.86. The first-order chi connectivity index (χ1) is 8.22. The summed E-state index contributed by atoms with van der Waals surface area (Å²) in [5.41, 5.74) is 2.37. The van der Waals surface area contributed by atoms with Crippen LogP contribution in [0, 0.1) is 16.7 Å². The van der Waals surface area contributed by atoms with E-state index < -0.39 is 0 Å². The van der Waals surface area contributed by atoms with E-state index in [1.54, 1.807) is 0 Å². The Morgan fingerprint density at radius 1 is 1.06 bits per heavy atom. The molecule has 0 unspecified atom stereocenters. The maximum absolute atomic E-state index is 8.75. The quantitative estimate of drug-likeness (QED) is 0.873. The maximum Gasteiger partial charge on any atom is 0.0991 e. The Balaban J connectivity index is 2.56. The molecule has 0 radical (unpaired) electrons. The highest BCUT2D eigenvalue weighted by molar-refractivity contribution is 5.31. The molecule has 2 nitrogen and oxygen atoms in total. The molecule has 0 aliphatic rings. The number of nitriles is 1. The van der Waals surface area contributed by atoms with Gasteiger partial charge >= 0.3 is 0 Å². The molecule has 0 saturated carbocycles. The van der Waals surface area contributed by atoms with Gasteiger partial charge in [0.05, 0.1) is 11.6 Å². The minimum Gasteiger partial charge on any atom is -0.308 e. The van der Waals surface area contributed by atoms with Crippen LogP contribution in [0.15, 0.2) is 24.3 Å². The molecule has 0 bridgehead atoms. The summed E-state index contributed by atoms with van der Waals surface area (Å²) in [5, 5.41) is 12.3. The van der Waals surface area contributed by atoms with E-state index in [1.165, 1.54) is 5.56 Å². The second kappa shape index (κ2) is 5.54. The third-order valence-electron chi connectivity index (χ3n) is 2.83. The molecule has 0 aliphatic carbocycles. The lowest BCUT2D eigenvalue weighted by molar-refractivity contribution is 0.241. The van der Waals surface area contributed by atoms with E-state index in [1.807, 2.05) is 24.3 Å². The minimum atomic E-state index is 0.117. The number of hydrogen-bond donors (Lipinski definition) is 1. The first-order valence-corrected chi connectivity index (χ1v) is 6.46. The van der Waals surface area contributed by atoms with Gasteiger partial charge in [-0.05, 0) is 43.4 Å². The van der Waals surface area contributed by atoms with Gasteiger partial charge in [-0.1, -0.05) is 32.9 Å². The van der Waals surface area contributed by atoms with Crippen molar-refractivity contribution in [3.63, 3.8) is 0 Å². The predicted molar refractivity (Wildman–Crippen MR) is 76.1 cm³/mol. The Bertz CT molecular complexity index is 416. The standard InChI is InChI=1S/C16H24N2/c1-15(2,3)12-16(4,5)18-11-14-8-6-13(10-17)7-9-14/h6-9,18H,11-12H2,1-5H3. The van der Waals surface area contributed by atoms with Crippen molar-refractivity contribution in [3.05, 3.63) is 35.4 Å². The molecule has 0 aromatic heterocycles. The zero-order valence-electron chi connectivity index (χ0n) is 12.2. The average molecular weight is 244 g/mol. The normalized spacial score (nSPS) is 12.2. The van der Waals surface area contributed by atoms with Crippen LogP contribution in [0.3, 0.4) is 0 Å². The van der Waals surface area contributed by atoms with Crippen molar-refractivity contribution < 1.29 is 0 Å². The van der Waals surface area contributed by atoms with E-state index in [9.17, 15) is 0 Å². The highest BCUT2D eigenvalue weighted by Gasteiger charge is 2.24. The van der Waals surface area contributed by atoms with E-state index in [0.29, 0.717) is 11.0 Å². The van der Waals surface area contributed by atoms with Crippen molar-refractivity contribution in [2.45, 2.75) is 53.1 Å². The van der Waals surface area contributed by atoms with Crippen molar-refractivity contribution in [3.8, 4) is 6.07 Å². The largest absolute Gasteiger partial charge is 0.308 e. The summed E-state index contributed by atoms with van der Waals surface area (Å²) < 4.78 is 0. The molecule has 1 aromatic carbocycles. The number of hydrogen-bond acceptors (Lipinski definition) is 2. The Morgan fingerprint density at radius 3 is 2.06 bits per heavy atom. The van der Waals surface area contributed by atoms with Crippen LogP contribution in [0.1, 0.15) is 52.2 Å². The molecular formula is C16H24N2. The van der Waals surface area contributed by atoms with Gasteiger partial charge in [0.2, 0.25) is 0 Å². The van der Waals surface area contributed by atoms with Gasteiger partial charge in [-0.25, -0.2) is 0 Å². The van der Waals surface area contributed by atoms with Crippen LogP contribution in [-0.4, -0.2) is 5.54 Å². The number of nitrogens with one attached hydrogen (secondary N) is 1. The van der Waals surface area contributed by atoms with Crippen LogP contribution in [0.5, 0.6) is 0 Å². The molecule has 0 amide bonds. The molecular weight excluding hydrogens is 220 g/mol. The molecule has 0 saturated heterocycles. The van der Waals surface area contributed by atoms with Crippen LogP contribution in [0.2, 0.25) is 0 Å². The first-order valence-electron chi connectivity index (χ1n) is 6.46. The van der Waals surface area contributed by atoms with Gasteiger partial charge in [0.25, 0.3) is 0 Å². The van der Waals surface area contributed by atoms with Crippen molar-refractivity contribution in [1.29, 1.82) is 5.26 Å². The Hall–Kier alpha value is -1.33. The summed E-state index contributed by atoms with van der Waals surface area (Å²) in [6.07, 6.45) is 1.12. The summed E-state index contributed by atoms with van der Waals surface area (Å²) in [6, 6.07) is 9.90. The zero-order valence-corrected chi connectivity index (χ0v) is 12.2. The van der Waals surface area contributed by atoms with Crippen LogP contribution in [0.25, 0.3) is 0 Å². The van der Waals surface area contributed by atoms with E-state index in [4.69, 9.17) is 5.26 Å². The summed E-state index contributed by atoms with van der Waals surface area (Å²) in [7, 11) is 0. The summed E-state index contributed by atoms with van der Waals surface area (Å²) in [4.78, 5) is 0. The topological polar surface area (TPSA) is 35.8 Å². The van der Waals surface area contributed by atoms with Crippen molar-refractivity contribution in [2.75, 3.05) is 0 Å². The van der Waals surface area contributed by atoms with Gasteiger partial charge in [0, 0.05) is 12.1 Å². The monoisotopic (exact) mass is 244 g/mol. The molecule has 0 fully saturated rings. The fraction of sp³-hybridized carbons (Fsp3) is 0.562. The molecule has 0 atom stereocenters. The van der Waals surface area contributed by atoms with Crippen LogP contribution < -0.4 is 5.32 Å². The van der Waals surface area contributed by atoms with E-state index in [-0.39, 0.29) is 5.54 Å². The second-order valence-corrected chi connectivity index (χ2v) is 6.78. The number of nitrogens with zero attached hydrogens (tertiary/aromatic N) is 1. The lowest BCUT2D eigenvalue weighted by Crippen LogP contribution is -2.41. The van der Waals surface area contributed by atoms with Crippen LogP contribution in [-0.2, 0) is 6.54 Å². The van der Waals surface area contributed by atoms with Crippen LogP contribution in [0.4, 0.5) is 0 Å². The Kier molecular flexibility index (Phi) is 4.53. The van der Waals surface area contributed by atoms with Crippen molar-refractivity contribution in [2.24, 2.45) is 5.41 Å². The average Bonchev–Trinajstić information content (AvgIpc) is 2.24. The molecule has 0 heterocycles. The first kappa shape index (κ1) is 14.7. The SMILES string of the molecule is CC(C)(C)CC(C)(C)NCc1ccc(C#N)cc1. The molecule has 1 N–H and O–H groups in total. The van der Waals surface area contributed by atoms with Gasteiger partial charge in [-0.15, -0.1) is 0 Å². The van der Waals surface area contributed by atoms with Gasteiger partial charge in [-0.2, -0.15) is 5.26 Å². The Labute approximate surface area is 111 Å². The zero-order chi connectivity index (χ0) is 13.8. The summed E-state index contributed by atoms with van der Waals surface area (Å²) in [6.45, 7) is 12.1.